The van der Waals surface area contributed by atoms with E-state index in [4.69, 9.17) is 4.74 Å². The molecule has 2 aromatic heterocycles. The number of pyridine rings is 1. The molecule has 8 heteroatoms. The molecule has 0 unspecified atom stereocenters. The largest absolute Gasteiger partial charge is 0.441 e. The zero-order chi connectivity index (χ0) is 26.4. The Morgan fingerprint density at radius 1 is 1.03 bits per heavy atom. The number of halogens is 2. The first-order valence-corrected chi connectivity index (χ1v) is 13.0. The number of anilines is 1. The first kappa shape index (κ1) is 24.6. The van der Waals surface area contributed by atoms with Crippen LogP contribution < -0.4 is 4.90 Å². The predicted octanol–water partition coefficient (Wildman–Crippen LogP) is 6.55. The summed E-state index contributed by atoms with van der Waals surface area (Å²) in [6.07, 6.45) is 4.91. The van der Waals surface area contributed by atoms with E-state index in [9.17, 15) is 13.6 Å². The Morgan fingerprint density at radius 3 is 2.47 bits per heavy atom. The SMILES string of the molecule is CC(C)n1cc(CN2CCC3(CC2)CN(c2ccc(F)cc2)C(=O)O3)c2c(-c3ccc(F)nc3)cccc21. The lowest BCUT2D eigenvalue weighted by molar-refractivity contribution is -0.000890. The third kappa shape index (κ3) is 4.43. The van der Waals surface area contributed by atoms with Gasteiger partial charge in [-0.3, -0.25) is 9.80 Å². The van der Waals surface area contributed by atoms with E-state index in [1.807, 2.05) is 6.07 Å². The maximum absolute atomic E-state index is 13.5. The zero-order valence-electron chi connectivity index (χ0n) is 21.5. The molecule has 2 aliphatic heterocycles. The molecule has 2 saturated heterocycles. The van der Waals surface area contributed by atoms with Crippen LogP contribution in [0.3, 0.4) is 0 Å². The molecule has 4 aromatic rings. The Balaban J connectivity index is 1.23. The molecule has 1 amide bonds. The highest BCUT2D eigenvalue weighted by Crippen LogP contribution is 2.38. The van der Waals surface area contributed by atoms with Crippen molar-refractivity contribution in [3.05, 3.63) is 84.3 Å². The molecule has 0 atom stereocenters. The summed E-state index contributed by atoms with van der Waals surface area (Å²) in [5.74, 6) is -0.823. The number of nitrogens with zero attached hydrogens (tertiary/aromatic N) is 4. The van der Waals surface area contributed by atoms with Gasteiger partial charge in [0.1, 0.15) is 11.4 Å². The van der Waals surface area contributed by atoms with Crippen molar-refractivity contribution in [3.8, 4) is 11.1 Å². The van der Waals surface area contributed by atoms with Crippen molar-refractivity contribution in [2.45, 2.75) is 44.9 Å². The normalized spacial score (nSPS) is 17.6. The Bertz CT molecular complexity index is 1470. The van der Waals surface area contributed by atoms with Gasteiger partial charge in [0.25, 0.3) is 0 Å². The van der Waals surface area contributed by atoms with Crippen molar-refractivity contribution in [2.75, 3.05) is 24.5 Å². The first-order chi connectivity index (χ1) is 18.3. The van der Waals surface area contributed by atoms with Crippen molar-refractivity contribution in [3.63, 3.8) is 0 Å². The fraction of sp³-hybridized carbons (Fsp3) is 0.333. The van der Waals surface area contributed by atoms with E-state index in [2.05, 4.69) is 46.6 Å². The van der Waals surface area contributed by atoms with Crippen LogP contribution in [-0.4, -0.2) is 45.8 Å². The van der Waals surface area contributed by atoms with Gasteiger partial charge in [-0.15, -0.1) is 0 Å². The summed E-state index contributed by atoms with van der Waals surface area (Å²) >= 11 is 0. The predicted molar refractivity (Wildman–Crippen MR) is 143 cm³/mol. The number of amides is 1. The number of hydrogen-bond donors (Lipinski definition) is 0. The number of hydrogen-bond acceptors (Lipinski definition) is 4. The van der Waals surface area contributed by atoms with Gasteiger partial charge < -0.3 is 9.30 Å². The summed E-state index contributed by atoms with van der Waals surface area (Å²) in [6.45, 7) is 7.15. The van der Waals surface area contributed by atoms with E-state index in [1.54, 1.807) is 29.3 Å². The van der Waals surface area contributed by atoms with Crippen LogP contribution in [0.4, 0.5) is 19.3 Å². The molecule has 6 nitrogen and oxygen atoms in total. The summed E-state index contributed by atoms with van der Waals surface area (Å²) in [4.78, 5) is 20.6. The van der Waals surface area contributed by atoms with E-state index in [1.165, 1.54) is 23.8 Å². The topological polar surface area (TPSA) is 50.6 Å². The van der Waals surface area contributed by atoms with E-state index in [0.29, 0.717) is 12.2 Å². The second-order valence-electron chi connectivity index (χ2n) is 10.6. The minimum Gasteiger partial charge on any atom is -0.441 e. The Kier molecular flexibility index (Phi) is 6.14. The number of piperidine rings is 1. The average Bonchev–Trinajstić information content (AvgIpc) is 3.44. The van der Waals surface area contributed by atoms with Crippen LogP contribution in [0, 0.1) is 11.8 Å². The van der Waals surface area contributed by atoms with Crippen LogP contribution in [0.2, 0.25) is 0 Å². The van der Waals surface area contributed by atoms with Gasteiger partial charge in [-0.05, 0) is 67.4 Å². The quantitative estimate of drug-likeness (QED) is 0.282. The van der Waals surface area contributed by atoms with E-state index < -0.39 is 11.5 Å². The second-order valence-corrected chi connectivity index (χ2v) is 10.6. The summed E-state index contributed by atoms with van der Waals surface area (Å²) in [5, 5.41) is 1.16. The van der Waals surface area contributed by atoms with Gasteiger partial charge in [-0.1, -0.05) is 12.1 Å². The number of fused-ring (bicyclic) bond motifs is 1. The minimum atomic E-state index is -0.529. The molecular formula is C30H30F2N4O2. The maximum atomic E-state index is 13.5. The lowest BCUT2D eigenvalue weighted by Crippen LogP contribution is -2.46. The number of benzene rings is 2. The second kappa shape index (κ2) is 9.51. The molecule has 196 valence electrons. The van der Waals surface area contributed by atoms with Crippen LogP contribution in [0.15, 0.2) is 67.0 Å². The van der Waals surface area contributed by atoms with Crippen molar-refractivity contribution < 1.29 is 18.3 Å². The van der Waals surface area contributed by atoms with Gasteiger partial charge in [0.2, 0.25) is 5.95 Å². The number of likely N-dealkylation sites (tertiary alicyclic amines) is 1. The highest BCUT2D eigenvalue weighted by molar-refractivity contribution is 5.98. The zero-order valence-corrected chi connectivity index (χ0v) is 21.5. The highest BCUT2D eigenvalue weighted by atomic mass is 19.1. The van der Waals surface area contributed by atoms with Crippen LogP contribution >= 0.6 is 0 Å². The molecule has 0 bridgehead atoms. The maximum Gasteiger partial charge on any atom is 0.415 e. The molecule has 1 spiro atoms. The Labute approximate surface area is 220 Å². The van der Waals surface area contributed by atoms with Crippen LogP contribution in [-0.2, 0) is 11.3 Å². The third-order valence-corrected chi connectivity index (χ3v) is 7.80. The van der Waals surface area contributed by atoms with Crippen LogP contribution in [0.25, 0.3) is 22.0 Å². The van der Waals surface area contributed by atoms with E-state index in [0.717, 1.165) is 54.5 Å². The van der Waals surface area contributed by atoms with Crippen molar-refractivity contribution >= 4 is 22.7 Å². The van der Waals surface area contributed by atoms with Gasteiger partial charge in [0.15, 0.2) is 0 Å². The minimum absolute atomic E-state index is 0.285. The summed E-state index contributed by atoms with van der Waals surface area (Å²) in [7, 11) is 0. The van der Waals surface area contributed by atoms with Gasteiger partial charge >= 0.3 is 6.09 Å². The van der Waals surface area contributed by atoms with Gasteiger partial charge in [0, 0.05) is 73.1 Å². The molecular weight excluding hydrogens is 486 g/mol. The lowest BCUT2D eigenvalue weighted by Gasteiger charge is -2.37. The van der Waals surface area contributed by atoms with Crippen molar-refractivity contribution in [1.29, 1.82) is 0 Å². The molecule has 2 fully saturated rings. The molecule has 38 heavy (non-hydrogen) atoms. The summed E-state index contributed by atoms with van der Waals surface area (Å²) in [5.41, 5.74) is 4.40. The molecule has 0 aliphatic carbocycles. The third-order valence-electron chi connectivity index (χ3n) is 7.80. The molecule has 4 heterocycles. The number of aromatic nitrogens is 2. The molecule has 0 N–H and O–H groups in total. The van der Waals surface area contributed by atoms with Crippen molar-refractivity contribution in [2.24, 2.45) is 0 Å². The highest BCUT2D eigenvalue weighted by Gasteiger charge is 2.47. The Morgan fingerprint density at radius 2 is 1.79 bits per heavy atom. The Hall–Kier alpha value is -3.78. The molecule has 2 aliphatic rings. The summed E-state index contributed by atoms with van der Waals surface area (Å²) in [6, 6.07) is 15.6. The van der Waals surface area contributed by atoms with Crippen LogP contribution in [0.5, 0.6) is 0 Å². The molecule has 6 rings (SSSR count). The van der Waals surface area contributed by atoms with Gasteiger partial charge in [-0.25, -0.2) is 14.2 Å². The standard InChI is InChI=1S/C30H30F2N4O2/c1-20(2)35-18-22(28-25(4-3-5-26(28)35)21-6-11-27(32)33-16-21)17-34-14-12-30(13-15-34)19-36(29(37)38-30)24-9-7-23(31)8-10-24/h3-11,16,18,20H,12-15,17,19H2,1-2H3. The smallest absolute Gasteiger partial charge is 0.415 e. The summed E-state index contributed by atoms with van der Waals surface area (Å²) < 4.78 is 35.1. The van der Waals surface area contributed by atoms with E-state index >= 15 is 0 Å². The first-order valence-electron chi connectivity index (χ1n) is 13.0. The fourth-order valence-corrected chi connectivity index (χ4v) is 5.78. The number of rotatable bonds is 5. The van der Waals surface area contributed by atoms with E-state index in [-0.39, 0.29) is 18.0 Å². The fourth-order valence-electron chi connectivity index (χ4n) is 5.78. The lowest BCUT2D eigenvalue weighted by atomic mass is 9.91. The van der Waals surface area contributed by atoms with Gasteiger partial charge in [0.05, 0.1) is 6.54 Å². The van der Waals surface area contributed by atoms with Crippen molar-refractivity contribution in [1.82, 2.24) is 14.5 Å². The number of carbonyl (C=O) groups is 1. The molecule has 0 saturated carbocycles. The average molecular weight is 517 g/mol. The molecule has 0 radical (unpaired) electrons. The monoisotopic (exact) mass is 516 g/mol. The molecule has 2 aromatic carbocycles. The number of ether oxygens (including phenoxy) is 1. The van der Waals surface area contributed by atoms with Crippen LogP contribution in [0.1, 0.15) is 38.3 Å². The number of carbonyl (C=O) groups excluding carboxylic acids is 1. The van der Waals surface area contributed by atoms with Gasteiger partial charge in [-0.2, -0.15) is 4.39 Å².